The van der Waals surface area contributed by atoms with Gasteiger partial charge in [-0.3, -0.25) is 5.32 Å². The van der Waals surface area contributed by atoms with Crippen LogP contribution >= 0.6 is 11.3 Å². The fraction of sp³-hybridized carbons (Fsp3) is 0.263. The van der Waals surface area contributed by atoms with Crippen LogP contribution in [0.1, 0.15) is 5.56 Å². The number of urea groups is 1. The van der Waals surface area contributed by atoms with E-state index in [2.05, 4.69) is 30.7 Å². The van der Waals surface area contributed by atoms with Crippen LogP contribution in [0, 0.1) is 6.92 Å². The Hall–Kier alpha value is -3.20. The number of aryl methyl sites for hydroxylation is 1. The summed E-state index contributed by atoms with van der Waals surface area (Å²) in [6.45, 7) is 4.73. The number of nitrogens with zero attached hydrogens (tertiary/aromatic N) is 5. The second-order valence-electron chi connectivity index (χ2n) is 6.50. The fourth-order valence-corrected chi connectivity index (χ4v) is 3.51. The van der Waals surface area contributed by atoms with Gasteiger partial charge in [-0.1, -0.05) is 6.07 Å². The van der Waals surface area contributed by atoms with Crippen LogP contribution in [0.3, 0.4) is 0 Å². The van der Waals surface area contributed by atoms with Crippen LogP contribution < -0.4 is 15.5 Å². The number of carbonyl (C=O) groups excluding carboxylic acids is 1. The number of hydrogen-bond donors (Lipinski definition) is 2. The van der Waals surface area contributed by atoms with E-state index in [0.717, 1.165) is 35.3 Å². The molecule has 1 aliphatic rings. The predicted octanol–water partition coefficient (Wildman–Crippen LogP) is 3.34. The van der Waals surface area contributed by atoms with Gasteiger partial charge in [-0.15, -0.1) is 21.5 Å². The molecule has 0 unspecified atom stereocenters. The lowest BCUT2D eigenvalue weighted by molar-refractivity contribution is 0.208. The van der Waals surface area contributed by atoms with Gasteiger partial charge in [-0.25, -0.2) is 9.78 Å². The van der Waals surface area contributed by atoms with E-state index in [4.69, 9.17) is 0 Å². The summed E-state index contributed by atoms with van der Waals surface area (Å²) in [7, 11) is 0. The average Bonchev–Trinajstić information content (AvgIpc) is 3.23. The van der Waals surface area contributed by atoms with Crippen molar-refractivity contribution in [3.05, 3.63) is 53.5 Å². The van der Waals surface area contributed by atoms with E-state index < -0.39 is 0 Å². The molecule has 4 rings (SSSR count). The minimum absolute atomic E-state index is 0.0571. The highest BCUT2D eigenvalue weighted by atomic mass is 32.1. The number of thiophene rings is 1. The van der Waals surface area contributed by atoms with Crippen molar-refractivity contribution < 1.29 is 4.79 Å². The van der Waals surface area contributed by atoms with E-state index in [1.165, 1.54) is 11.3 Å². The number of aromatic nitrogens is 3. The van der Waals surface area contributed by atoms with Gasteiger partial charge in [-0.05, 0) is 48.2 Å². The van der Waals surface area contributed by atoms with Crippen LogP contribution in [0.5, 0.6) is 0 Å². The zero-order chi connectivity index (χ0) is 19.3. The number of pyridine rings is 1. The van der Waals surface area contributed by atoms with E-state index in [0.29, 0.717) is 18.9 Å². The highest BCUT2D eigenvalue weighted by Crippen LogP contribution is 2.18. The van der Waals surface area contributed by atoms with E-state index in [-0.39, 0.29) is 6.03 Å². The predicted molar refractivity (Wildman–Crippen MR) is 111 cm³/mol. The molecule has 1 fully saturated rings. The summed E-state index contributed by atoms with van der Waals surface area (Å²) in [5.74, 6) is 2.19. The molecule has 9 heteroatoms. The Kier molecular flexibility index (Phi) is 5.34. The largest absolute Gasteiger partial charge is 0.352 e. The minimum Gasteiger partial charge on any atom is -0.352 e. The smallest absolute Gasteiger partial charge is 0.322 e. The highest BCUT2D eigenvalue weighted by molar-refractivity contribution is 7.14. The third-order valence-corrected chi connectivity index (χ3v) is 5.25. The molecular formula is C19H21N7OS. The van der Waals surface area contributed by atoms with Gasteiger partial charge >= 0.3 is 6.03 Å². The number of piperazine rings is 1. The summed E-state index contributed by atoms with van der Waals surface area (Å²) in [5.41, 5.74) is 1.11. The normalized spacial score (nSPS) is 14.0. The molecule has 0 spiro atoms. The van der Waals surface area contributed by atoms with Crippen LogP contribution in [0.25, 0.3) is 0 Å². The van der Waals surface area contributed by atoms with Crippen LogP contribution in [0.15, 0.2) is 48.0 Å². The molecule has 144 valence electrons. The van der Waals surface area contributed by atoms with Crippen LogP contribution in [0.2, 0.25) is 0 Å². The van der Waals surface area contributed by atoms with Crippen molar-refractivity contribution in [2.75, 3.05) is 41.7 Å². The van der Waals surface area contributed by atoms with Crippen molar-refractivity contribution in [2.24, 2.45) is 0 Å². The van der Waals surface area contributed by atoms with E-state index >= 15 is 0 Å². The molecule has 3 aromatic rings. The van der Waals surface area contributed by atoms with Gasteiger partial charge in [0.1, 0.15) is 5.82 Å². The maximum Gasteiger partial charge on any atom is 0.322 e. The molecule has 0 aromatic carbocycles. The van der Waals surface area contributed by atoms with Crippen molar-refractivity contribution in [1.82, 2.24) is 20.1 Å². The van der Waals surface area contributed by atoms with Gasteiger partial charge in [0.15, 0.2) is 11.6 Å². The molecule has 2 N–H and O–H groups in total. The molecule has 1 aliphatic heterocycles. The average molecular weight is 395 g/mol. The zero-order valence-electron chi connectivity index (χ0n) is 15.5. The second kappa shape index (κ2) is 8.22. The summed E-state index contributed by atoms with van der Waals surface area (Å²) in [6, 6.07) is 11.5. The molecule has 0 atom stereocenters. The number of rotatable bonds is 4. The molecule has 4 heterocycles. The number of carbonyl (C=O) groups is 1. The minimum atomic E-state index is -0.0571. The lowest BCUT2D eigenvalue weighted by atomic mass is 10.3. The molecule has 8 nitrogen and oxygen atoms in total. The van der Waals surface area contributed by atoms with Crippen molar-refractivity contribution in [3.63, 3.8) is 0 Å². The molecule has 0 aliphatic carbocycles. The number of hydrogen-bond acceptors (Lipinski definition) is 7. The maximum atomic E-state index is 12.3. The number of amides is 2. The van der Waals surface area contributed by atoms with Gasteiger partial charge in [0.2, 0.25) is 0 Å². The van der Waals surface area contributed by atoms with Gasteiger partial charge in [0, 0.05) is 32.4 Å². The highest BCUT2D eigenvalue weighted by Gasteiger charge is 2.22. The zero-order valence-corrected chi connectivity index (χ0v) is 16.3. The quantitative estimate of drug-likeness (QED) is 0.705. The van der Waals surface area contributed by atoms with Crippen molar-refractivity contribution in [3.8, 4) is 0 Å². The molecule has 1 saturated heterocycles. The number of nitrogens with one attached hydrogen (secondary N) is 2. The monoisotopic (exact) mass is 395 g/mol. The lowest BCUT2D eigenvalue weighted by Gasteiger charge is -2.35. The molecule has 28 heavy (non-hydrogen) atoms. The van der Waals surface area contributed by atoms with Gasteiger partial charge in [0.25, 0.3) is 0 Å². The number of anilines is 4. The Morgan fingerprint density at radius 3 is 2.50 bits per heavy atom. The van der Waals surface area contributed by atoms with Gasteiger partial charge in [-0.2, -0.15) is 0 Å². The van der Waals surface area contributed by atoms with Gasteiger partial charge in [0.05, 0.1) is 5.00 Å². The first-order valence-electron chi connectivity index (χ1n) is 9.05. The Morgan fingerprint density at radius 1 is 1.04 bits per heavy atom. The van der Waals surface area contributed by atoms with E-state index in [9.17, 15) is 4.79 Å². The summed E-state index contributed by atoms with van der Waals surface area (Å²) >= 11 is 1.52. The van der Waals surface area contributed by atoms with Gasteiger partial charge < -0.3 is 15.1 Å². The van der Waals surface area contributed by atoms with Crippen molar-refractivity contribution in [1.29, 1.82) is 0 Å². The third-order valence-electron chi connectivity index (χ3n) is 4.46. The van der Waals surface area contributed by atoms with Crippen LogP contribution in [-0.2, 0) is 0 Å². The standard InChI is InChI=1S/C19H21N7OS/c1-14-4-5-15(20-13-14)21-16-6-7-17(24-23-16)25-8-10-26(11-9-25)19(27)22-18-3-2-12-28-18/h2-7,12-13H,8-11H2,1H3,(H,22,27)(H,20,21,23). The molecule has 3 aromatic heterocycles. The lowest BCUT2D eigenvalue weighted by Crippen LogP contribution is -2.50. The molecule has 0 radical (unpaired) electrons. The summed E-state index contributed by atoms with van der Waals surface area (Å²) in [4.78, 5) is 20.6. The van der Waals surface area contributed by atoms with Crippen molar-refractivity contribution >= 4 is 39.8 Å². The fourth-order valence-electron chi connectivity index (χ4n) is 2.91. The Bertz CT molecular complexity index is 904. The molecule has 0 saturated carbocycles. The Labute approximate surface area is 167 Å². The first-order valence-corrected chi connectivity index (χ1v) is 9.93. The molecular weight excluding hydrogens is 374 g/mol. The second-order valence-corrected chi connectivity index (χ2v) is 7.45. The summed E-state index contributed by atoms with van der Waals surface area (Å²) < 4.78 is 0. The van der Waals surface area contributed by atoms with E-state index in [1.807, 2.05) is 53.6 Å². The van der Waals surface area contributed by atoms with E-state index in [1.54, 1.807) is 6.20 Å². The molecule has 0 bridgehead atoms. The Balaban J connectivity index is 1.30. The SMILES string of the molecule is Cc1ccc(Nc2ccc(N3CCN(C(=O)Nc4cccs4)CC3)nn2)nc1. The third kappa shape index (κ3) is 4.37. The Morgan fingerprint density at radius 2 is 1.86 bits per heavy atom. The summed E-state index contributed by atoms with van der Waals surface area (Å²) in [6.07, 6.45) is 1.80. The van der Waals surface area contributed by atoms with Crippen LogP contribution in [-0.4, -0.2) is 52.3 Å². The van der Waals surface area contributed by atoms with Crippen molar-refractivity contribution in [2.45, 2.75) is 6.92 Å². The summed E-state index contributed by atoms with van der Waals surface area (Å²) in [5, 5.41) is 17.4. The molecule has 2 amide bonds. The topological polar surface area (TPSA) is 86.3 Å². The van der Waals surface area contributed by atoms with Crippen LogP contribution in [0.4, 0.5) is 27.2 Å². The first kappa shape index (κ1) is 18.2. The maximum absolute atomic E-state index is 12.3. The first-order chi connectivity index (χ1) is 13.7.